The number of allylic oxidation sites excluding steroid dienone is 2. The van der Waals surface area contributed by atoms with Gasteiger partial charge in [0.05, 0.1) is 40.4 Å². The highest BCUT2D eigenvalue weighted by Crippen LogP contribution is 2.38. The molecule has 0 bridgehead atoms. The van der Waals surface area contributed by atoms with Crippen molar-refractivity contribution in [2.24, 2.45) is 5.92 Å². The van der Waals surface area contributed by atoms with E-state index in [4.69, 9.17) is 9.72 Å². The number of benzene rings is 1. The van der Waals surface area contributed by atoms with Gasteiger partial charge in [0.2, 0.25) is 5.91 Å². The van der Waals surface area contributed by atoms with Gasteiger partial charge in [-0.2, -0.15) is 0 Å². The van der Waals surface area contributed by atoms with Crippen LogP contribution in [-0.4, -0.2) is 48.6 Å². The number of rotatable bonds is 6. The minimum Gasteiger partial charge on any atom is -0.379 e. The lowest BCUT2D eigenvalue weighted by molar-refractivity contribution is -0.126. The molecular weight excluding hydrogens is 426 g/mol. The first kappa shape index (κ1) is 20.8. The molecule has 3 atom stereocenters. The van der Waals surface area contributed by atoms with E-state index >= 15 is 0 Å². The maximum absolute atomic E-state index is 13.3. The molecule has 3 heterocycles. The summed E-state index contributed by atoms with van der Waals surface area (Å²) in [7, 11) is 0. The normalized spacial score (nSPS) is 23.1. The minimum absolute atomic E-state index is 0.0702. The molecule has 1 fully saturated rings. The molecule has 2 aliphatic rings. The van der Waals surface area contributed by atoms with Crippen LogP contribution in [0.25, 0.3) is 10.2 Å². The molecule has 5 rings (SSSR count). The molecule has 0 radical (unpaired) electrons. The zero-order valence-electron chi connectivity index (χ0n) is 17.4. The summed E-state index contributed by atoms with van der Waals surface area (Å²) in [5, 5.41) is 6.49. The highest BCUT2D eigenvalue weighted by atomic mass is 32.1. The number of carbonyl (C=O) groups excluding carboxylic acids is 1. The molecule has 3 aromatic rings. The standard InChI is InChI=1S/C24H27N3O2S2/c28-23(25-16-20(22-10-5-15-30-22)27-11-13-29-14-12-27)17-6-1-2-7-18(17)24-26-19-8-3-4-9-21(19)31-24/h1-5,8-10,15,17-18,20H,6-7,11-14,16H2,(H,25,28)/t17-,18-,20+/m0/s1. The Morgan fingerprint density at radius 2 is 2.00 bits per heavy atom. The lowest BCUT2D eigenvalue weighted by Gasteiger charge is -2.34. The topological polar surface area (TPSA) is 54.5 Å². The van der Waals surface area contributed by atoms with Crippen molar-refractivity contribution < 1.29 is 9.53 Å². The van der Waals surface area contributed by atoms with Crippen molar-refractivity contribution in [2.75, 3.05) is 32.8 Å². The SMILES string of the molecule is O=C(NC[C@H](c1cccs1)N1CCOCC1)[C@H]1CC=CC[C@@H]1c1nc2ccccc2s1. The van der Waals surface area contributed by atoms with Gasteiger partial charge in [0.1, 0.15) is 0 Å². The highest BCUT2D eigenvalue weighted by Gasteiger charge is 2.33. The lowest BCUT2D eigenvalue weighted by atomic mass is 9.82. The molecule has 5 nitrogen and oxygen atoms in total. The van der Waals surface area contributed by atoms with Crippen LogP contribution in [0.5, 0.6) is 0 Å². The summed E-state index contributed by atoms with van der Waals surface area (Å²) in [6.07, 6.45) is 5.98. The van der Waals surface area contributed by atoms with Crippen LogP contribution >= 0.6 is 22.7 Å². The number of thiazole rings is 1. The van der Waals surface area contributed by atoms with E-state index in [2.05, 4.69) is 52.0 Å². The van der Waals surface area contributed by atoms with E-state index in [1.54, 1.807) is 22.7 Å². The number of nitrogens with one attached hydrogen (secondary N) is 1. The van der Waals surface area contributed by atoms with Crippen LogP contribution in [0.4, 0.5) is 0 Å². The Balaban J connectivity index is 1.31. The number of fused-ring (bicyclic) bond motifs is 1. The fourth-order valence-electron chi connectivity index (χ4n) is 4.53. The van der Waals surface area contributed by atoms with E-state index in [1.807, 2.05) is 12.1 Å². The van der Waals surface area contributed by atoms with Gasteiger partial charge in [0.15, 0.2) is 0 Å². The molecule has 1 aromatic carbocycles. The van der Waals surface area contributed by atoms with E-state index in [-0.39, 0.29) is 23.8 Å². The van der Waals surface area contributed by atoms with Gasteiger partial charge < -0.3 is 10.1 Å². The van der Waals surface area contributed by atoms with Crippen LogP contribution < -0.4 is 5.32 Å². The number of amides is 1. The molecule has 1 N–H and O–H groups in total. The molecule has 7 heteroatoms. The predicted molar refractivity (Wildman–Crippen MR) is 127 cm³/mol. The monoisotopic (exact) mass is 453 g/mol. The number of aromatic nitrogens is 1. The fraction of sp³-hybridized carbons (Fsp3) is 0.417. The number of hydrogen-bond acceptors (Lipinski definition) is 6. The number of carbonyl (C=O) groups is 1. The van der Waals surface area contributed by atoms with Crippen molar-refractivity contribution in [3.8, 4) is 0 Å². The number of para-hydroxylation sites is 1. The Morgan fingerprint density at radius 1 is 1.16 bits per heavy atom. The zero-order chi connectivity index (χ0) is 21.0. The van der Waals surface area contributed by atoms with Gasteiger partial charge in [-0.15, -0.1) is 22.7 Å². The van der Waals surface area contributed by atoms with E-state index in [1.165, 1.54) is 9.58 Å². The van der Waals surface area contributed by atoms with Crippen LogP contribution in [0.3, 0.4) is 0 Å². The number of morpholine rings is 1. The van der Waals surface area contributed by atoms with Crippen LogP contribution in [-0.2, 0) is 9.53 Å². The van der Waals surface area contributed by atoms with Crippen molar-refractivity contribution >= 4 is 38.8 Å². The van der Waals surface area contributed by atoms with Gasteiger partial charge in [0.25, 0.3) is 0 Å². The Hall–Kier alpha value is -2.06. The van der Waals surface area contributed by atoms with Gasteiger partial charge in [0, 0.05) is 30.4 Å². The molecule has 0 saturated carbocycles. The molecule has 1 amide bonds. The summed E-state index contributed by atoms with van der Waals surface area (Å²) in [5.74, 6) is 0.216. The molecular formula is C24H27N3O2S2. The average Bonchev–Trinajstić information content (AvgIpc) is 3.50. The largest absolute Gasteiger partial charge is 0.379 e. The first-order valence-electron chi connectivity index (χ1n) is 10.9. The maximum Gasteiger partial charge on any atom is 0.224 e. The third-order valence-electron chi connectivity index (χ3n) is 6.22. The van der Waals surface area contributed by atoms with Crippen molar-refractivity contribution in [1.29, 1.82) is 0 Å². The molecule has 1 aliphatic heterocycles. The lowest BCUT2D eigenvalue weighted by Crippen LogP contribution is -2.45. The molecule has 31 heavy (non-hydrogen) atoms. The summed E-state index contributed by atoms with van der Waals surface area (Å²) in [4.78, 5) is 21.9. The van der Waals surface area contributed by atoms with Crippen molar-refractivity contribution in [2.45, 2.75) is 24.8 Å². The summed E-state index contributed by atoms with van der Waals surface area (Å²) in [5.41, 5.74) is 1.03. The van der Waals surface area contributed by atoms with Crippen molar-refractivity contribution in [3.05, 3.63) is 63.8 Å². The molecule has 1 aliphatic carbocycles. The third kappa shape index (κ3) is 4.60. The van der Waals surface area contributed by atoms with Crippen LogP contribution in [0.1, 0.15) is 34.7 Å². The molecule has 1 saturated heterocycles. The highest BCUT2D eigenvalue weighted by molar-refractivity contribution is 7.18. The second kappa shape index (κ2) is 9.61. The van der Waals surface area contributed by atoms with Gasteiger partial charge in [-0.05, 0) is 36.4 Å². The summed E-state index contributed by atoms with van der Waals surface area (Å²) in [6.45, 7) is 3.94. The van der Waals surface area contributed by atoms with Crippen LogP contribution in [0.15, 0.2) is 53.9 Å². The van der Waals surface area contributed by atoms with Crippen LogP contribution in [0, 0.1) is 5.92 Å². The Labute approximate surface area is 190 Å². The fourth-order valence-corrected chi connectivity index (χ4v) is 6.54. The molecule has 0 unspecified atom stereocenters. The van der Waals surface area contributed by atoms with Gasteiger partial charge in [-0.25, -0.2) is 4.98 Å². The molecule has 0 spiro atoms. The number of thiophene rings is 1. The Morgan fingerprint density at radius 3 is 2.81 bits per heavy atom. The maximum atomic E-state index is 13.3. The zero-order valence-corrected chi connectivity index (χ0v) is 19.0. The van der Waals surface area contributed by atoms with Gasteiger partial charge in [-0.1, -0.05) is 30.4 Å². The summed E-state index contributed by atoms with van der Waals surface area (Å²) in [6, 6.07) is 12.7. The van der Waals surface area contributed by atoms with Crippen LogP contribution in [0.2, 0.25) is 0 Å². The first-order chi connectivity index (χ1) is 15.3. The summed E-state index contributed by atoms with van der Waals surface area (Å²) < 4.78 is 6.73. The second-order valence-electron chi connectivity index (χ2n) is 8.10. The first-order valence-corrected chi connectivity index (χ1v) is 12.6. The smallest absolute Gasteiger partial charge is 0.224 e. The number of hydrogen-bond donors (Lipinski definition) is 1. The van der Waals surface area contributed by atoms with Crippen molar-refractivity contribution in [1.82, 2.24) is 15.2 Å². The van der Waals surface area contributed by atoms with Gasteiger partial charge >= 0.3 is 0 Å². The van der Waals surface area contributed by atoms with Crippen molar-refractivity contribution in [3.63, 3.8) is 0 Å². The Kier molecular flexibility index (Phi) is 6.45. The number of ether oxygens (including phenoxy) is 1. The van der Waals surface area contributed by atoms with E-state index in [9.17, 15) is 4.79 Å². The second-order valence-corrected chi connectivity index (χ2v) is 10.1. The van der Waals surface area contributed by atoms with E-state index in [0.29, 0.717) is 6.54 Å². The summed E-state index contributed by atoms with van der Waals surface area (Å²) >= 11 is 3.48. The average molecular weight is 454 g/mol. The molecule has 162 valence electrons. The van der Waals surface area contributed by atoms with E-state index < -0.39 is 0 Å². The number of nitrogens with zero attached hydrogens (tertiary/aromatic N) is 2. The van der Waals surface area contributed by atoms with Gasteiger partial charge in [-0.3, -0.25) is 9.69 Å². The van der Waals surface area contributed by atoms with E-state index in [0.717, 1.165) is 49.7 Å². The Bertz CT molecular complexity index is 1010. The third-order valence-corrected chi connectivity index (χ3v) is 8.37. The minimum atomic E-state index is -0.0702. The quantitative estimate of drug-likeness (QED) is 0.555. The molecule has 2 aromatic heterocycles. The predicted octanol–water partition coefficient (Wildman–Crippen LogP) is 4.60.